The fourth-order valence-electron chi connectivity index (χ4n) is 1.79. The molecule has 1 fully saturated rings. The van der Waals surface area contributed by atoms with Gasteiger partial charge in [-0.05, 0) is 31.3 Å². The maximum Gasteiger partial charge on any atom is 0.0575 e. The second-order valence-corrected chi connectivity index (χ2v) is 4.03. The van der Waals surface area contributed by atoms with Gasteiger partial charge in [-0.15, -0.1) is 0 Å². The molecule has 72 valence electrons. The molecule has 0 amide bonds. The molecule has 0 bridgehead atoms. The number of hydroxylamine groups is 2. The summed E-state index contributed by atoms with van der Waals surface area (Å²) < 4.78 is 0. The molecule has 0 aromatic rings. The maximum atomic E-state index is 5.13. The first kappa shape index (κ1) is 9.96. The largest absolute Gasteiger partial charge is 0.317 e. The highest BCUT2D eigenvalue weighted by Crippen LogP contribution is 2.28. The topological polar surface area (TPSA) is 24.5 Å². The van der Waals surface area contributed by atoms with E-state index in [0.717, 1.165) is 19.6 Å². The van der Waals surface area contributed by atoms with Gasteiger partial charge >= 0.3 is 0 Å². The lowest BCUT2D eigenvalue weighted by molar-refractivity contribution is -0.132. The number of nitrogens with one attached hydrogen (secondary N) is 1. The third-order valence-electron chi connectivity index (χ3n) is 2.73. The highest BCUT2D eigenvalue weighted by Gasteiger charge is 2.27. The van der Waals surface area contributed by atoms with Crippen molar-refractivity contribution >= 4 is 0 Å². The molecule has 0 atom stereocenters. The molecular formula is C9H20N2O. The van der Waals surface area contributed by atoms with Crippen LogP contribution in [0.1, 0.15) is 19.8 Å². The van der Waals surface area contributed by atoms with E-state index in [1.165, 1.54) is 12.8 Å². The summed E-state index contributed by atoms with van der Waals surface area (Å²) in [7, 11) is 3.72. The smallest absolute Gasteiger partial charge is 0.0575 e. The van der Waals surface area contributed by atoms with Crippen molar-refractivity contribution in [2.75, 3.05) is 33.8 Å². The SMILES string of the molecule is CON(C)CC1(C)CCNCC1. The summed E-state index contributed by atoms with van der Waals surface area (Å²) in [5.74, 6) is 0. The first-order chi connectivity index (χ1) is 5.66. The Morgan fingerprint density at radius 1 is 1.42 bits per heavy atom. The highest BCUT2D eigenvalue weighted by atomic mass is 16.7. The zero-order chi connectivity index (χ0) is 9.03. The van der Waals surface area contributed by atoms with Gasteiger partial charge in [-0.2, -0.15) is 5.06 Å². The van der Waals surface area contributed by atoms with Crippen LogP contribution in [0, 0.1) is 5.41 Å². The molecule has 0 unspecified atom stereocenters. The standard InChI is InChI=1S/C9H20N2O/c1-9(8-11(2)12-3)4-6-10-7-5-9/h10H,4-8H2,1-3H3. The van der Waals surface area contributed by atoms with Gasteiger partial charge in [0, 0.05) is 13.6 Å². The summed E-state index contributed by atoms with van der Waals surface area (Å²) in [5, 5.41) is 5.29. The van der Waals surface area contributed by atoms with E-state index >= 15 is 0 Å². The average molecular weight is 172 g/mol. The summed E-state index contributed by atoms with van der Waals surface area (Å²) >= 11 is 0. The first-order valence-electron chi connectivity index (χ1n) is 4.62. The van der Waals surface area contributed by atoms with E-state index in [9.17, 15) is 0 Å². The second-order valence-electron chi connectivity index (χ2n) is 4.03. The molecule has 1 aliphatic rings. The van der Waals surface area contributed by atoms with E-state index in [0.29, 0.717) is 5.41 Å². The molecule has 3 heteroatoms. The molecule has 1 N–H and O–H groups in total. The van der Waals surface area contributed by atoms with E-state index in [1.807, 2.05) is 12.1 Å². The third-order valence-corrected chi connectivity index (χ3v) is 2.73. The van der Waals surface area contributed by atoms with Crippen molar-refractivity contribution in [1.82, 2.24) is 10.4 Å². The summed E-state index contributed by atoms with van der Waals surface area (Å²) in [4.78, 5) is 5.13. The summed E-state index contributed by atoms with van der Waals surface area (Å²) in [6.45, 7) is 5.66. The lowest BCUT2D eigenvalue weighted by atomic mass is 9.81. The molecule has 0 aromatic heterocycles. The van der Waals surface area contributed by atoms with Crippen LogP contribution in [0.3, 0.4) is 0 Å². The Morgan fingerprint density at radius 2 is 2.00 bits per heavy atom. The zero-order valence-electron chi connectivity index (χ0n) is 8.39. The molecule has 0 spiro atoms. The predicted molar refractivity (Wildman–Crippen MR) is 49.8 cm³/mol. The molecular weight excluding hydrogens is 152 g/mol. The molecule has 3 nitrogen and oxygen atoms in total. The Kier molecular flexibility index (Phi) is 3.50. The van der Waals surface area contributed by atoms with Gasteiger partial charge in [0.05, 0.1) is 7.11 Å². The fraction of sp³-hybridized carbons (Fsp3) is 1.00. The van der Waals surface area contributed by atoms with Crippen molar-refractivity contribution in [3.63, 3.8) is 0 Å². The van der Waals surface area contributed by atoms with Crippen molar-refractivity contribution in [1.29, 1.82) is 0 Å². The van der Waals surface area contributed by atoms with Crippen molar-refractivity contribution in [3.8, 4) is 0 Å². The molecule has 0 aliphatic carbocycles. The van der Waals surface area contributed by atoms with Crippen molar-refractivity contribution in [2.45, 2.75) is 19.8 Å². The van der Waals surface area contributed by atoms with Crippen LogP contribution in [0.15, 0.2) is 0 Å². The van der Waals surface area contributed by atoms with Gasteiger partial charge in [-0.25, -0.2) is 0 Å². The second kappa shape index (κ2) is 4.21. The monoisotopic (exact) mass is 172 g/mol. The average Bonchev–Trinajstić information content (AvgIpc) is 2.05. The Hall–Kier alpha value is -0.120. The van der Waals surface area contributed by atoms with Gasteiger partial charge in [-0.1, -0.05) is 6.92 Å². The van der Waals surface area contributed by atoms with Gasteiger partial charge in [0.15, 0.2) is 0 Å². The van der Waals surface area contributed by atoms with Crippen LogP contribution in [0.4, 0.5) is 0 Å². The normalized spacial score (nSPS) is 23.0. The summed E-state index contributed by atoms with van der Waals surface area (Å²) in [6, 6.07) is 0. The fourth-order valence-corrected chi connectivity index (χ4v) is 1.79. The summed E-state index contributed by atoms with van der Waals surface area (Å²) in [6.07, 6.45) is 2.50. The Bertz CT molecular complexity index is 132. The van der Waals surface area contributed by atoms with Crippen molar-refractivity contribution in [3.05, 3.63) is 0 Å². The minimum absolute atomic E-state index is 0.440. The van der Waals surface area contributed by atoms with Gasteiger partial charge in [0.1, 0.15) is 0 Å². The molecule has 0 radical (unpaired) electrons. The van der Waals surface area contributed by atoms with E-state index < -0.39 is 0 Å². The number of hydrogen-bond acceptors (Lipinski definition) is 3. The number of rotatable bonds is 3. The Morgan fingerprint density at radius 3 is 2.50 bits per heavy atom. The van der Waals surface area contributed by atoms with Crippen LogP contribution in [-0.2, 0) is 4.84 Å². The highest BCUT2D eigenvalue weighted by molar-refractivity contribution is 4.81. The lowest BCUT2D eigenvalue weighted by Gasteiger charge is -2.36. The van der Waals surface area contributed by atoms with E-state index in [-0.39, 0.29) is 0 Å². The lowest BCUT2D eigenvalue weighted by Crippen LogP contribution is -2.41. The van der Waals surface area contributed by atoms with Crippen LogP contribution < -0.4 is 5.32 Å². The Labute approximate surface area is 75.0 Å². The van der Waals surface area contributed by atoms with Crippen molar-refractivity contribution < 1.29 is 4.84 Å². The van der Waals surface area contributed by atoms with Crippen LogP contribution in [0.25, 0.3) is 0 Å². The van der Waals surface area contributed by atoms with E-state index in [4.69, 9.17) is 4.84 Å². The van der Waals surface area contributed by atoms with Crippen LogP contribution in [0.5, 0.6) is 0 Å². The van der Waals surface area contributed by atoms with E-state index in [2.05, 4.69) is 12.2 Å². The minimum Gasteiger partial charge on any atom is -0.317 e. The molecule has 1 rings (SSSR count). The molecule has 1 heterocycles. The van der Waals surface area contributed by atoms with Crippen LogP contribution in [0.2, 0.25) is 0 Å². The molecule has 0 aromatic carbocycles. The van der Waals surface area contributed by atoms with Gasteiger partial charge in [0.2, 0.25) is 0 Å². The molecule has 12 heavy (non-hydrogen) atoms. The van der Waals surface area contributed by atoms with Gasteiger partial charge in [-0.3, -0.25) is 0 Å². The van der Waals surface area contributed by atoms with Crippen molar-refractivity contribution in [2.24, 2.45) is 5.41 Å². The number of piperidine rings is 1. The first-order valence-corrected chi connectivity index (χ1v) is 4.62. The molecule has 1 saturated heterocycles. The quantitative estimate of drug-likeness (QED) is 0.639. The zero-order valence-corrected chi connectivity index (χ0v) is 8.39. The minimum atomic E-state index is 0.440. The molecule has 1 aliphatic heterocycles. The number of hydrogen-bond donors (Lipinski definition) is 1. The van der Waals surface area contributed by atoms with Gasteiger partial charge in [0.25, 0.3) is 0 Å². The predicted octanol–water partition coefficient (Wildman–Crippen LogP) is 0.869. The third kappa shape index (κ3) is 2.73. The van der Waals surface area contributed by atoms with E-state index in [1.54, 1.807) is 7.11 Å². The van der Waals surface area contributed by atoms with Crippen LogP contribution >= 0.6 is 0 Å². The molecule has 0 saturated carbocycles. The number of nitrogens with zero attached hydrogens (tertiary/aromatic N) is 1. The maximum absolute atomic E-state index is 5.13. The Balaban J connectivity index is 2.35. The summed E-state index contributed by atoms with van der Waals surface area (Å²) in [5.41, 5.74) is 0.440. The van der Waals surface area contributed by atoms with Gasteiger partial charge < -0.3 is 10.2 Å². The van der Waals surface area contributed by atoms with Crippen LogP contribution in [-0.4, -0.2) is 38.9 Å².